The first kappa shape index (κ1) is 11.9. The lowest BCUT2D eigenvalue weighted by Crippen LogP contribution is -2.51. The Bertz CT molecular complexity index is 190. The molecule has 0 radical (unpaired) electrons. The third-order valence-corrected chi connectivity index (χ3v) is 2.37. The van der Waals surface area contributed by atoms with E-state index < -0.39 is 24.5 Å². The summed E-state index contributed by atoms with van der Waals surface area (Å²) in [5, 5.41) is 18.6. The van der Waals surface area contributed by atoms with Crippen LogP contribution < -0.4 is 0 Å². The van der Waals surface area contributed by atoms with E-state index in [1.54, 1.807) is 0 Å². The van der Waals surface area contributed by atoms with Crippen LogP contribution in [-0.2, 0) is 4.74 Å². The van der Waals surface area contributed by atoms with Crippen LogP contribution in [-0.4, -0.2) is 41.3 Å². The van der Waals surface area contributed by atoms with Crippen molar-refractivity contribution in [3.05, 3.63) is 0 Å². The molecule has 0 unspecified atom stereocenters. The van der Waals surface area contributed by atoms with Crippen molar-refractivity contribution in [2.45, 2.75) is 51.7 Å². The second-order valence-corrected chi connectivity index (χ2v) is 5.14. The van der Waals surface area contributed by atoms with Crippen LogP contribution in [0.5, 0.6) is 0 Å². The molecule has 14 heavy (non-hydrogen) atoms. The molecule has 84 valence electrons. The number of aliphatic hydroxyl groups excluding tert-OH is 2. The van der Waals surface area contributed by atoms with Crippen LogP contribution in [0, 0.1) is 5.41 Å². The van der Waals surface area contributed by atoms with Crippen LogP contribution in [0.4, 0.5) is 4.39 Å². The first-order valence-corrected chi connectivity index (χ1v) is 4.93. The third kappa shape index (κ3) is 2.90. The minimum Gasteiger partial charge on any atom is -0.388 e. The van der Waals surface area contributed by atoms with E-state index in [4.69, 9.17) is 9.84 Å². The van der Waals surface area contributed by atoms with Gasteiger partial charge in [-0.25, -0.2) is 4.39 Å². The normalized spacial score (nSPS) is 39.9. The molecule has 0 bridgehead atoms. The average molecular weight is 206 g/mol. The van der Waals surface area contributed by atoms with Gasteiger partial charge in [-0.15, -0.1) is 0 Å². The molecule has 0 aromatic heterocycles. The lowest BCUT2D eigenvalue weighted by atomic mass is 9.85. The molecular formula is C10H19FO3. The highest BCUT2D eigenvalue weighted by molar-refractivity contribution is 4.88. The lowest BCUT2D eigenvalue weighted by Gasteiger charge is -2.37. The van der Waals surface area contributed by atoms with Gasteiger partial charge in [0.2, 0.25) is 0 Å². The molecule has 1 rings (SSSR count). The summed E-state index contributed by atoms with van der Waals surface area (Å²) in [5.74, 6) is 0. The summed E-state index contributed by atoms with van der Waals surface area (Å²) in [6, 6.07) is 0. The molecule has 1 saturated heterocycles. The van der Waals surface area contributed by atoms with Crippen LogP contribution in [0.15, 0.2) is 0 Å². The Morgan fingerprint density at radius 1 is 1.36 bits per heavy atom. The summed E-state index contributed by atoms with van der Waals surface area (Å²) in [7, 11) is 0. The van der Waals surface area contributed by atoms with Gasteiger partial charge in [0.15, 0.2) is 6.17 Å². The smallest absolute Gasteiger partial charge is 0.156 e. The predicted molar refractivity (Wildman–Crippen MR) is 50.7 cm³/mol. The summed E-state index contributed by atoms with van der Waals surface area (Å²) in [5.41, 5.74) is -0.0202. The van der Waals surface area contributed by atoms with Crippen molar-refractivity contribution in [3.63, 3.8) is 0 Å². The minimum absolute atomic E-state index is 0.0202. The zero-order valence-electron chi connectivity index (χ0n) is 8.90. The summed E-state index contributed by atoms with van der Waals surface area (Å²) >= 11 is 0. The summed E-state index contributed by atoms with van der Waals surface area (Å²) < 4.78 is 18.4. The first-order chi connectivity index (χ1) is 6.31. The van der Waals surface area contributed by atoms with Gasteiger partial charge >= 0.3 is 0 Å². The zero-order chi connectivity index (χ0) is 10.9. The fraction of sp³-hybridized carbons (Fsp3) is 1.00. The van der Waals surface area contributed by atoms with Gasteiger partial charge in [-0.05, 0) is 11.8 Å². The van der Waals surface area contributed by atoms with Gasteiger partial charge in [0.25, 0.3) is 0 Å². The molecule has 1 aliphatic rings. The highest BCUT2D eigenvalue weighted by Crippen LogP contribution is 2.28. The Kier molecular flexibility index (Phi) is 3.50. The van der Waals surface area contributed by atoms with E-state index >= 15 is 0 Å². The zero-order valence-corrected chi connectivity index (χ0v) is 8.90. The molecular weight excluding hydrogens is 187 g/mol. The molecule has 0 aromatic rings. The molecule has 1 fully saturated rings. The Labute approximate surface area is 83.9 Å². The van der Waals surface area contributed by atoms with Crippen molar-refractivity contribution in [1.82, 2.24) is 0 Å². The van der Waals surface area contributed by atoms with Crippen LogP contribution in [0.3, 0.4) is 0 Å². The van der Waals surface area contributed by atoms with Gasteiger partial charge in [0.1, 0.15) is 12.2 Å². The Balaban J connectivity index is 2.55. The predicted octanol–water partition coefficient (Wildman–Crippen LogP) is 0.881. The summed E-state index contributed by atoms with van der Waals surface area (Å²) in [6.07, 6.45) is -3.91. The number of rotatable bonds is 1. The quantitative estimate of drug-likeness (QED) is 0.669. The van der Waals surface area contributed by atoms with Crippen molar-refractivity contribution in [1.29, 1.82) is 0 Å². The standard InChI is InChI=1S/C10H19FO3/c1-10(2,3)4-7-9(13)8(11)6(12)5-14-7/h6-9,12-13H,4-5H2,1-3H3/t6-,7+,8+,9+/m0/s1. The Hall–Kier alpha value is -0.190. The van der Waals surface area contributed by atoms with Crippen LogP contribution >= 0.6 is 0 Å². The van der Waals surface area contributed by atoms with E-state index in [-0.39, 0.29) is 12.0 Å². The van der Waals surface area contributed by atoms with Gasteiger partial charge < -0.3 is 14.9 Å². The van der Waals surface area contributed by atoms with Crippen molar-refractivity contribution >= 4 is 0 Å². The van der Waals surface area contributed by atoms with Gasteiger partial charge in [-0.1, -0.05) is 20.8 Å². The summed E-state index contributed by atoms with van der Waals surface area (Å²) in [6.45, 7) is 5.98. The Morgan fingerprint density at radius 3 is 2.43 bits per heavy atom. The molecule has 4 atom stereocenters. The second kappa shape index (κ2) is 4.13. The van der Waals surface area contributed by atoms with Gasteiger partial charge in [-0.2, -0.15) is 0 Å². The molecule has 3 nitrogen and oxygen atoms in total. The maximum absolute atomic E-state index is 13.2. The van der Waals surface area contributed by atoms with E-state index in [9.17, 15) is 9.50 Å². The van der Waals surface area contributed by atoms with Crippen molar-refractivity contribution in [3.8, 4) is 0 Å². The number of alkyl halides is 1. The minimum atomic E-state index is -1.59. The molecule has 4 heteroatoms. The van der Waals surface area contributed by atoms with Crippen LogP contribution in [0.25, 0.3) is 0 Å². The van der Waals surface area contributed by atoms with Crippen molar-refractivity contribution < 1.29 is 19.3 Å². The van der Waals surface area contributed by atoms with E-state index in [2.05, 4.69) is 0 Å². The molecule has 0 saturated carbocycles. The lowest BCUT2D eigenvalue weighted by molar-refractivity contribution is -0.172. The number of halogens is 1. The second-order valence-electron chi connectivity index (χ2n) is 5.14. The molecule has 0 amide bonds. The average Bonchev–Trinajstić information content (AvgIpc) is 2.04. The molecule has 2 N–H and O–H groups in total. The topological polar surface area (TPSA) is 49.7 Å². The largest absolute Gasteiger partial charge is 0.388 e. The number of hydrogen-bond donors (Lipinski definition) is 2. The van der Waals surface area contributed by atoms with Crippen LogP contribution in [0.2, 0.25) is 0 Å². The number of aliphatic hydroxyl groups is 2. The van der Waals surface area contributed by atoms with Gasteiger partial charge in [0, 0.05) is 0 Å². The van der Waals surface area contributed by atoms with E-state index in [0.29, 0.717) is 6.42 Å². The highest BCUT2D eigenvalue weighted by atomic mass is 19.1. The molecule has 0 aromatic carbocycles. The van der Waals surface area contributed by atoms with Crippen molar-refractivity contribution in [2.24, 2.45) is 5.41 Å². The fourth-order valence-electron chi connectivity index (χ4n) is 1.63. The number of hydrogen-bond acceptors (Lipinski definition) is 3. The molecule has 1 aliphatic heterocycles. The maximum Gasteiger partial charge on any atom is 0.156 e. The Morgan fingerprint density at radius 2 is 1.93 bits per heavy atom. The highest BCUT2D eigenvalue weighted by Gasteiger charge is 2.40. The first-order valence-electron chi connectivity index (χ1n) is 4.93. The number of ether oxygens (including phenoxy) is 1. The van der Waals surface area contributed by atoms with Crippen LogP contribution in [0.1, 0.15) is 27.2 Å². The van der Waals surface area contributed by atoms with E-state index in [1.807, 2.05) is 20.8 Å². The maximum atomic E-state index is 13.2. The monoisotopic (exact) mass is 206 g/mol. The van der Waals surface area contributed by atoms with E-state index in [0.717, 1.165) is 0 Å². The SMILES string of the molecule is CC(C)(C)C[C@H]1OC[C@H](O)[C@@H](F)[C@@H]1O. The molecule has 0 aliphatic carbocycles. The van der Waals surface area contributed by atoms with Gasteiger partial charge in [0.05, 0.1) is 12.7 Å². The summed E-state index contributed by atoms with van der Waals surface area (Å²) in [4.78, 5) is 0. The van der Waals surface area contributed by atoms with Crippen molar-refractivity contribution in [2.75, 3.05) is 6.61 Å². The fourth-order valence-corrected chi connectivity index (χ4v) is 1.63. The van der Waals surface area contributed by atoms with Gasteiger partial charge in [-0.3, -0.25) is 0 Å². The molecule has 1 heterocycles. The molecule has 0 spiro atoms. The van der Waals surface area contributed by atoms with E-state index in [1.165, 1.54) is 0 Å². The third-order valence-electron chi connectivity index (χ3n) is 2.37.